The van der Waals surface area contributed by atoms with Gasteiger partial charge in [0.15, 0.2) is 0 Å². The molecule has 2 saturated heterocycles. The first-order chi connectivity index (χ1) is 14.0. The average molecular weight is 403 g/mol. The fourth-order valence-corrected chi connectivity index (χ4v) is 4.11. The Morgan fingerprint density at radius 1 is 1.21 bits per heavy atom. The van der Waals surface area contributed by atoms with Crippen molar-refractivity contribution in [2.24, 2.45) is 5.92 Å². The lowest BCUT2D eigenvalue weighted by molar-refractivity contribution is -0.126. The number of amides is 2. The topological polar surface area (TPSA) is 65.1 Å². The first-order valence-corrected chi connectivity index (χ1v) is 10.7. The lowest BCUT2D eigenvalue weighted by atomic mass is 10.1. The van der Waals surface area contributed by atoms with Crippen LogP contribution >= 0.6 is 0 Å². The number of carbonyl (C=O) groups excluding carboxylic acids is 2. The maximum Gasteiger partial charge on any atom is 0.227 e. The standard InChI is InChI=1S/C22H34N4O3/c1-4-24-10-12-25(13-11-24)9-5-8-23-22(28)18-15-21(27)26(16-18)19-14-17(2)6-7-20(19)29-3/h6-7,14,18H,4-5,8-13,15-16H2,1-3H3,(H,23,28). The van der Waals surface area contributed by atoms with Crippen molar-refractivity contribution in [1.29, 1.82) is 0 Å². The van der Waals surface area contributed by atoms with E-state index in [-0.39, 0.29) is 24.2 Å². The van der Waals surface area contributed by atoms with E-state index in [1.165, 1.54) is 0 Å². The first-order valence-electron chi connectivity index (χ1n) is 10.7. The van der Waals surface area contributed by atoms with E-state index >= 15 is 0 Å². The Morgan fingerprint density at radius 2 is 1.93 bits per heavy atom. The SMILES string of the molecule is CCN1CCN(CCCNC(=O)C2CC(=O)N(c3cc(C)ccc3OC)C2)CC1. The van der Waals surface area contributed by atoms with Gasteiger partial charge in [0, 0.05) is 45.7 Å². The molecule has 2 fully saturated rings. The number of ether oxygens (including phenoxy) is 1. The minimum Gasteiger partial charge on any atom is -0.495 e. The number of rotatable bonds is 8. The number of nitrogens with zero attached hydrogens (tertiary/aromatic N) is 3. The summed E-state index contributed by atoms with van der Waals surface area (Å²) in [7, 11) is 1.60. The summed E-state index contributed by atoms with van der Waals surface area (Å²) in [4.78, 5) is 31.7. The Balaban J connectivity index is 1.44. The quantitative estimate of drug-likeness (QED) is 0.668. The number of aryl methyl sites for hydroxylation is 1. The van der Waals surface area contributed by atoms with Crippen LogP contribution in [0.3, 0.4) is 0 Å². The normalized spacial score (nSPS) is 20.9. The summed E-state index contributed by atoms with van der Waals surface area (Å²) in [6, 6.07) is 5.76. The monoisotopic (exact) mass is 402 g/mol. The van der Waals surface area contributed by atoms with E-state index < -0.39 is 0 Å². The van der Waals surface area contributed by atoms with Gasteiger partial charge in [0.05, 0.1) is 18.7 Å². The second-order valence-corrected chi connectivity index (χ2v) is 8.00. The van der Waals surface area contributed by atoms with Crippen LogP contribution in [-0.2, 0) is 9.59 Å². The molecule has 29 heavy (non-hydrogen) atoms. The summed E-state index contributed by atoms with van der Waals surface area (Å²) in [6.07, 6.45) is 1.19. The predicted octanol–water partition coefficient (Wildman–Crippen LogP) is 1.50. The predicted molar refractivity (Wildman–Crippen MR) is 114 cm³/mol. The lowest BCUT2D eigenvalue weighted by Crippen LogP contribution is -2.46. The molecule has 2 aliphatic rings. The molecule has 1 N–H and O–H groups in total. The number of nitrogens with one attached hydrogen (secondary N) is 1. The summed E-state index contributed by atoms with van der Waals surface area (Å²) in [5.74, 6) is 0.306. The summed E-state index contributed by atoms with van der Waals surface area (Å²) < 4.78 is 5.41. The molecule has 0 aliphatic carbocycles. The van der Waals surface area contributed by atoms with Gasteiger partial charge in [-0.2, -0.15) is 0 Å². The lowest BCUT2D eigenvalue weighted by Gasteiger charge is -2.34. The van der Waals surface area contributed by atoms with Gasteiger partial charge < -0.3 is 24.8 Å². The highest BCUT2D eigenvalue weighted by atomic mass is 16.5. The molecular weight excluding hydrogens is 368 g/mol. The van der Waals surface area contributed by atoms with E-state index in [1.54, 1.807) is 12.0 Å². The third kappa shape index (κ3) is 5.48. The summed E-state index contributed by atoms with van der Waals surface area (Å²) in [5, 5.41) is 3.03. The van der Waals surface area contributed by atoms with Gasteiger partial charge in [-0.3, -0.25) is 9.59 Å². The largest absolute Gasteiger partial charge is 0.495 e. The van der Waals surface area contributed by atoms with Crippen molar-refractivity contribution < 1.29 is 14.3 Å². The number of methoxy groups -OCH3 is 1. The Bertz CT molecular complexity index is 716. The highest BCUT2D eigenvalue weighted by Gasteiger charge is 2.36. The number of carbonyl (C=O) groups is 2. The van der Waals surface area contributed by atoms with Crippen LogP contribution in [0.2, 0.25) is 0 Å². The van der Waals surface area contributed by atoms with Gasteiger partial charge >= 0.3 is 0 Å². The van der Waals surface area contributed by atoms with E-state index in [9.17, 15) is 9.59 Å². The molecule has 1 aromatic rings. The van der Waals surface area contributed by atoms with E-state index in [0.717, 1.165) is 56.9 Å². The Kier molecular flexibility index (Phi) is 7.50. The van der Waals surface area contributed by atoms with Gasteiger partial charge in [-0.25, -0.2) is 0 Å². The first kappa shape index (κ1) is 21.6. The zero-order valence-electron chi connectivity index (χ0n) is 17.9. The van der Waals surface area contributed by atoms with Crippen molar-refractivity contribution in [1.82, 2.24) is 15.1 Å². The molecule has 2 aliphatic heterocycles. The van der Waals surface area contributed by atoms with Crippen LogP contribution in [0.1, 0.15) is 25.3 Å². The Hall–Kier alpha value is -2.12. The number of likely N-dealkylation sites (N-methyl/N-ethyl adjacent to an activating group) is 1. The molecule has 2 heterocycles. The number of piperazine rings is 1. The third-order valence-electron chi connectivity index (χ3n) is 5.98. The maximum atomic E-state index is 12.6. The molecule has 0 bridgehead atoms. The third-order valence-corrected chi connectivity index (χ3v) is 5.98. The molecule has 2 amide bonds. The molecule has 0 saturated carbocycles. The zero-order valence-corrected chi connectivity index (χ0v) is 17.9. The van der Waals surface area contributed by atoms with Gasteiger partial charge in [0.2, 0.25) is 11.8 Å². The van der Waals surface area contributed by atoms with Crippen molar-refractivity contribution >= 4 is 17.5 Å². The highest BCUT2D eigenvalue weighted by Crippen LogP contribution is 2.33. The van der Waals surface area contributed by atoms with Crippen LogP contribution in [0.5, 0.6) is 5.75 Å². The van der Waals surface area contributed by atoms with Crippen molar-refractivity contribution in [3.05, 3.63) is 23.8 Å². The number of hydrogen-bond acceptors (Lipinski definition) is 5. The van der Waals surface area contributed by atoms with Crippen LogP contribution in [0.25, 0.3) is 0 Å². The smallest absolute Gasteiger partial charge is 0.227 e. The minimum atomic E-state index is -0.305. The van der Waals surface area contributed by atoms with Crippen molar-refractivity contribution in [2.45, 2.75) is 26.7 Å². The van der Waals surface area contributed by atoms with Crippen molar-refractivity contribution in [3.8, 4) is 5.75 Å². The molecule has 3 rings (SSSR count). The Morgan fingerprint density at radius 3 is 2.62 bits per heavy atom. The summed E-state index contributed by atoms with van der Waals surface area (Å²) >= 11 is 0. The maximum absolute atomic E-state index is 12.6. The molecule has 7 heteroatoms. The Labute approximate surface area is 174 Å². The van der Waals surface area contributed by atoms with E-state index in [0.29, 0.717) is 18.8 Å². The van der Waals surface area contributed by atoms with Crippen molar-refractivity contribution in [3.63, 3.8) is 0 Å². The molecule has 0 aromatic heterocycles. The molecule has 160 valence electrons. The van der Waals surface area contributed by atoms with Crippen LogP contribution in [0.4, 0.5) is 5.69 Å². The zero-order chi connectivity index (χ0) is 20.8. The second kappa shape index (κ2) is 10.1. The molecule has 7 nitrogen and oxygen atoms in total. The van der Waals surface area contributed by atoms with Crippen LogP contribution < -0.4 is 15.0 Å². The fraction of sp³-hybridized carbons (Fsp3) is 0.636. The fourth-order valence-electron chi connectivity index (χ4n) is 4.11. The molecule has 1 atom stereocenters. The summed E-state index contributed by atoms with van der Waals surface area (Å²) in [6.45, 7) is 11.8. The second-order valence-electron chi connectivity index (χ2n) is 8.00. The van der Waals surface area contributed by atoms with Gasteiger partial charge in [0.25, 0.3) is 0 Å². The van der Waals surface area contributed by atoms with Gasteiger partial charge in [-0.05, 0) is 44.1 Å². The van der Waals surface area contributed by atoms with Gasteiger partial charge in [-0.1, -0.05) is 13.0 Å². The van der Waals surface area contributed by atoms with Crippen molar-refractivity contribution in [2.75, 3.05) is 64.4 Å². The van der Waals surface area contributed by atoms with E-state index in [4.69, 9.17) is 4.74 Å². The molecule has 0 radical (unpaired) electrons. The van der Waals surface area contributed by atoms with E-state index in [1.807, 2.05) is 25.1 Å². The number of anilines is 1. The average Bonchev–Trinajstić information content (AvgIpc) is 3.13. The number of hydrogen-bond donors (Lipinski definition) is 1. The number of benzene rings is 1. The molecule has 1 aromatic carbocycles. The molecule has 1 unspecified atom stereocenters. The molecule has 0 spiro atoms. The van der Waals surface area contributed by atoms with Crippen LogP contribution in [-0.4, -0.2) is 81.1 Å². The minimum absolute atomic E-state index is 0.0247. The van der Waals surface area contributed by atoms with Gasteiger partial charge in [0.1, 0.15) is 5.75 Å². The summed E-state index contributed by atoms with van der Waals surface area (Å²) in [5.41, 5.74) is 1.81. The highest BCUT2D eigenvalue weighted by molar-refractivity contribution is 6.01. The molecular formula is C22H34N4O3. The van der Waals surface area contributed by atoms with Crippen LogP contribution in [0.15, 0.2) is 18.2 Å². The van der Waals surface area contributed by atoms with Crippen LogP contribution in [0, 0.1) is 12.8 Å². The van der Waals surface area contributed by atoms with Gasteiger partial charge in [-0.15, -0.1) is 0 Å². The van der Waals surface area contributed by atoms with E-state index in [2.05, 4.69) is 22.0 Å².